The number of anilines is 2. The monoisotopic (exact) mass is 730 g/mol. The Morgan fingerprint density at radius 2 is 1.45 bits per heavy atom. The number of carbonyl (C=O) groups excluding carboxylic acids is 1. The fourth-order valence-corrected chi connectivity index (χ4v) is 5.99. The van der Waals surface area contributed by atoms with Crippen molar-refractivity contribution < 1.29 is 53.6 Å². The Morgan fingerprint density at radius 3 is 1.92 bits per heavy atom. The molecule has 0 bridgehead atoms. The Kier molecular flexibility index (Phi) is 12.5. The zero-order valence-corrected chi connectivity index (χ0v) is 27.8. The van der Waals surface area contributed by atoms with Gasteiger partial charge in [0.2, 0.25) is 5.89 Å². The number of ether oxygens (including phenoxy) is 1. The van der Waals surface area contributed by atoms with Crippen LogP contribution in [0.5, 0.6) is 0 Å². The van der Waals surface area contributed by atoms with Gasteiger partial charge in [-0.2, -0.15) is 44.5 Å². The van der Waals surface area contributed by atoms with Crippen molar-refractivity contribution in [2.75, 3.05) is 22.9 Å². The van der Waals surface area contributed by atoms with Gasteiger partial charge in [0.1, 0.15) is 6.10 Å². The van der Waals surface area contributed by atoms with Crippen molar-refractivity contribution in [3.8, 4) is 0 Å². The average Bonchev–Trinajstić information content (AvgIpc) is 3.41. The molecule has 7 nitrogen and oxygen atoms in total. The third-order valence-electron chi connectivity index (χ3n) is 8.24. The lowest BCUT2D eigenvalue weighted by Crippen LogP contribution is -2.34. The molecule has 2 aromatic carbocycles. The summed E-state index contributed by atoms with van der Waals surface area (Å²) >= 11 is 0. The molecule has 0 spiro atoms. The minimum atomic E-state index is -5.10. The molecule has 4 rings (SSSR count). The number of hydrogen-bond acceptors (Lipinski definition) is 7. The van der Waals surface area contributed by atoms with Crippen LogP contribution >= 0.6 is 12.4 Å². The van der Waals surface area contributed by atoms with Crippen molar-refractivity contribution in [1.29, 1.82) is 0 Å². The van der Waals surface area contributed by atoms with E-state index >= 15 is 0 Å². The van der Waals surface area contributed by atoms with Crippen LogP contribution in [0.25, 0.3) is 0 Å². The van der Waals surface area contributed by atoms with Gasteiger partial charge in [-0.05, 0) is 97.6 Å². The number of halogens is 10. The van der Waals surface area contributed by atoms with E-state index in [1.54, 1.807) is 0 Å². The van der Waals surface area contributed by atoms with Gasteiger partial charge in [-0.25, -0.2) is 0 Å². The van der Waals surface area contributed by atoms with E-state index in [0.717, 1.165) is 6.07 Å². The summed E-state index contributed by atoms with van der Waals surface area (Å²) in [6.07, 6.45) is -12.5. The van der Waals surface area contributed by atoms with Crippen LogP contribution in [0.4, 0.5) is 51.1 Å². The van der Waals surface area contributed by atoms with E-state index in [2.05, 4.69) is 10.1 Å². The normalized spacial score (nSPS) is 17.0. The van der Waals surface area contributed by atoms with Crippen LogP contribution in [0.3, 0.4) is 0 Å². The Labute approximate surface area is 283 Å². The molecular formula is C32H36ClF9N4O3. The number of nitrogens with zero attached hydrogens (tertiary/aromatic N) is 4. The van der Waals surface area contributed by atoms with Crippen molar-refractivity contribution in [3.63, 3.8) is 0 Å². The molecule has 1 aromatic heterocycles. The molecule has 49 heavy (non-hydrogen) atoms. The Bertz CT molecular complexity index is 1550. The summed E-state index contributed by atoms with van der Waals surface area (Å²) in [4.78, 5) is 18.5. The number of aromatic nitrogens is 2. The van der Waals surface area contributed by atoms with E-state index in [-0.39, 0.29) is 59.4 Å². The number of carbonyl (C=O) groups is 1. The maximum atomic E-state index is 14.2. The third kappa shape index (κ3) is 10.4. The molecule has 0 amide bonds. The van der Waals surface area contributed by atoms with Crippen LogP contribution in [0, 0.1) is 19.8 Å². The van der Waals surface area contributed by atoms with Crippen LogP contribution in [-0.2, 0) is 41.1 Å². The number of alkyl halides is 9. The SMILES string of the molecule is CCN(CC1CCC(OC(C)=O)CC1)c1cc(C)c(C(F)(F)F)cc1CN(Cc1cc(C(F)(F)F)cc(C(F)(F)F)c1)c1noc(C)n1.Cl. The molecule has 17 heteroatoms. The highest BCUT2D eigenvalue weighted by molar-refractivity contribution is 5.85. The highest BCUT2D eigenvalue weighted by atomic mass is 35.5. The van der Waals surface area contributed by atoms with Crippen LogP contribution in [0.2, 0.25) is 0 Å². The molecule has 0 atom stereocenters. The molecule has 1 aliphatic rings. The summed E-state index contributed by atoms with van der Waals surface area (Å²) in [5.41, 5.74) is -3.97. The van der Waals surface area contributed by atoms with Gasteiger partial charge in [0.05, 0.1) is 16.7 Å². The molecule has 0 radical (unpaired) electrons. The van der Waals surface area contributed by atoms with Crippen LogP contribution in [0.15, 0.2) is 34.9 Å². The Hall–Kier alpha value is -3.69. The molecule has 3 aromatic rings. The standard InChI is InChI=1S/C32H35F9N4O3.ClH/c1-5-44(15-21-6-8-26(9-7-21)47-20(4)46)28-10-18(2)27(32(39,40)41)13-23(28)17-45(29-42-19(3)48-43-29)16-22-11-24(30(33,34)35)14-25(12-22)31(36,37)38;/h10-14,21,26H,5-9,15-17H2,1-4H3;1H. The van der Waals surface area contributed by atoms with Gasteiger partial charge in [-0.3, -0.25) is 4.79 Å². The quantitative estimate of drug-likeness (QED) is 0.152. The minimum Gasteiger partial charge on any atom is -0.463 e. The minimum absolute atomic E-state index is 0. The highest BCUT2D eigenvalue weighted by Crippen LogP contribution is 2.39. The van der Waals surface area contributed by atoms with E-state index in [1.165, 1.54) is 31.7 Å². The van der Waals surface area contributed by atoms with Crippen molar-refractivity contribution in [3.05, 3.63) is 69.6 Å². The fourth-order valence-electron chi connectivity index (χ4n) is 5.99. The number of esters is 1. The third-order valence-corrected chi connectivity index (χ3v) is 8.24. The van der Waals surface area contributed by atoms with Gasteiger partial charge in [-0.15, -0.1) is 12.4 Å². The van der Waals surface area contributed by atoms with E-state index in [1.807, 2.05) is 11.8 Å². The molecule has 1 fully saturated rings. The van der Waals surface area contributed by atoms with Crippen molar-refractivity contribution in [1.82, 2.24) is 10.1 Å². The fraction of sp³-hybridized carbons (Fsp3) is 0.531. The molecule has 0 saturated heterocycles. The van der Waals surface area contributed by atoms with E-state index in [4.69, 9.17) is 9.26 Å². The summed E-state index contributed by atoms with van der Waals surface area (Å²) in [5.74, 6) is -0.464. The predicted octanol–water partition coefficient (Wildman–Crippen LogP) is 9.32. The van der Waals surface area contributed by atoms with Gasteiger partial charge < -0.3 is 19.1 Å². The summed E-state index contributed by atoms with van der Waals surface area (Å²) < 4.78 is 135. The topological polar surface area (TPSA) is 71.7 Å². The molecule has 272 valence electrons. The Morgan fingerprint density at radius 1 is 0.857 bits per heavy atom. The van der Waals surface area contributed by atoms with Crippen LogP contribution < -0.4 is 9.80 Å². The highest BCUT2D eigenvalue weighted by Gasteiger charge is 2.38. The Balaban J connectivity index is 0.00000650. The molecule has 1 heterocycles. The van der Waals surface area contributed by atoms with Crippen molar-refractivity contribution in [2.45, 2.75) is 91.1 Å². The summed E-state index contributed by atoms with van der Waals surface area (Å²) in [6, 6.07) is 3.43. The van der Waals surface area contributed by atoms with E-state index in [9.17, 15) is 44.3 Å². The maximum absolute atomic E-state index is 14.2. The van der Waals surface area contributed by atoms with E-state index in [0.29, 0.717) is 56.6 Å². The lowest BCUT2D eigenvalue weighted by molar-refractivity contribution is -0.148. The summed E-state index contributed by atoms with van der Waals surface area (Å²) in [7, 11) is 0. The van der Waals surface area contributed by atoms with Gasteiger partial charge in [-0.1, -0.05) is 0 Å². The first-order chi connectivity index (χ1) is 22.2. The van der Waals surface area contributed by atoms with Crippen molar-refractivity contribution in [2.24, 2.45) is 5.92 Å². The molecule has 0 unspecified atom stereocenters. The van der Waals surface area contributed by atoms with Crippen LogP contribution in [-0.4, -0.2) is 35.3 Å². The number of aryl methyl sites for hydroxylation is 2. The molecule has 0 aliphatic heterocycles. The smallest absolute Gasteiger partial charge is 0.416 e. The summed E-state index contributed by atoms with van der Waals surface area (Å²) in [5, 5.41) is 3.78. The van der Waals surface area contributed by atoms with Gasteiger partial charge in [0, 0.05) is 45.7 Å². The van der Waals surface area contributed by atoms with Gasteiger partial charge in [0.25, 0.3) is 5.95 Å². The predicted molar refractivity (Wildman–Crippen MR) is 164 cm³/mol. The van der Waals surface area contributed by atoms with Gasteiger partial charge >= 0.3 is 24.5 Å². The summed E-state index contributed by atoms with van der Waals surface area (Å²) in [6.45, 7) is 5.68. The second kappa shape index (κ2) is 15.5. The average molecular weight is 731 g/mol. The van der Waals surface area contributed by atoms with Gasteiger partial charge in [0.15, 0.2) is 0 Å². The maximum Gasteiger partial charge on any atom is 0.416 e. The van der Waals surface area contributed by atoms with E-state index < -0.39 is 53.9 Å². The molecule has 1 aliphatic carbocycles. The lowest BCUT2D eigenvalue weighted by atomic mass is 9.86. The first-order valence-electron chi connectivity index (χ1n) is 15.2. The number of benzene rings is 2. The molecule has 1 saturated carbocycles. The largest absolute Gasteiger partial charge is 0.463 e. The second-order valence-corrected chi connectivity index (χ2v) is 12.0. The molecular weight excluding hydrogens is 695 g/mol. The lowest BCUT2D eigenvalue weighted by Gasteiger charge is -2.35. The first-order valence-corrected chi connectivity index (χ1v) is 15.2. The zero-order chi connectivity index (χ0) is 35.6. The zero-order valence-electron chi connectivity index (χ0n) is 27.0. The number of rotatable bonds is 10. The van der Waals surface area contributed by atoms with Crippen molar-refractivity contribution >= 4 is 30.0 Å². The first kappa shape index (κ1) is 39.7. The number of hydrogen-bond donors (Lipinski definition) is 0. The second-order valence-electron chi connectivity index (χ2n) is 12.0. The molecule has 0 N–H and O–H groups in total. The van der Waals surface area contributed by atoms with Crippen LogP contribution in [0.1, 0.15) is 78.8 Å².